The monoisotopic (exact) mass is 846 g/mol. The summed E-state index contributed by atoms with van der Waals surface area (Å²) < 4.78 is 41.8. The number of amides is 3. The number of benzene rings is 3. The molecular formula is C41H50N8O10S. The van der Waals surface area contributed by atoms with Crippen molar-refractivity contribution in [1.82, 2.24) is 24.8 Å². The fourth-order valence-electron chi connectivity index (χ4n) is 6.45. The van der Waals surface area contributed by atoms with E-state index >= 15 is 0 Å². The maximum absolute atomic E-state index is 13.8. The molecule has 0 aliphatic carbocycles. The lowest BCUT2D eigenvalue weighted by Crippen LogP contribution is -2.49. The fourth-order valence-corrected chi connectivity index (χ4v) is 8.08. The summed E-state index contributed by atoms with van der Waals surface area (Å²) in [6.45, 7) is 5.00. The number of nitrogens with one attached hydrogen (secondary N) is 3. The Morgan fingerprint density at radius 3 is 2.47 bits per heavy atom. The van der Waals surface area contributed by atoms with Gasteiger partial charge in [-0.25, -0.2) is 18.5 Å². The first kappa shape index (κ1) is 44.8. The van der Waals surface area contributed by atoms with Gasteiger partial charge in [0.25, 0.3) is 0 Å². The predicted molar refractivity (Wildman–Crippen MR) is 220 cm³/mol. The van der Waals surface area contributed by atoms with Crippen LogP contribution in [0.5, 0.6) is 5.75 Å². The van der Waals surface area contributed by atoms with Crippen molar-refractivity contribution < 1.29 is 47.1 Å². The average molecular weight is 847 g/mol. The molecule has 0 spiro atoms. The first-order chi connectivity index (χ1) is 28.9. The van der Waals surface area contributed by atoms with Gasteiger partial charge in [0, 0.05) is 37.9 Å². The summed E-state index contributed by atoms with van der Waals surface area (Å²) in [5.41, 5.74) is 7.43. The highest BCUT2D eigenvalue weighted by molar-refractivity contribution is 7.89. The van der Waals surface area contributed by atoms with E-state index in [0.29, 0.717) is 66.9 Å². The SMILES string of the molecule is COC(=O)[C@H](CN(C=O)c1ccc2c(c1)CN(CCN=c1ccccn1O)N2)NS(=O)(=O)c1c(C)cc(OCCCC(=O)NCCN(C=O)OCc2ccccc2)cc1C. The molecule has 0 saturated heterocycles. The predicted octanol–water partition coefficient (Wildman–Crippen LogP) is 2.43. The second kappa shape index (κ2) is 21.6. The quantitative estimate of drug-likeness (QED) is 0.0279. The second-order valence-corrected chi connectivity index (χ2v) is 15.5. The molecule has 19 heteroatoms. The fraction of sp³-hybridized carbons (Fsp3) is 0.341. The number of aromatic nitrogens is 1. The number of hydrogen-bond donors (Lipinski definition) is 4. The van der Waals surface area contributed by atoms with Gasteiger partial charge >= 0.3 is 5.97 Å². The van der Waals surface area contributed by atoms with Crippen molar-refractivity contribution in [2.24, 2.45) is 4.99 Å². The van der Waals surface area contributed by atoms with E-state index in [1.54, 1.807) is 62.4 Å². The average Bonchev–Trinajstić information content (AvgIpc) is 3.64. The molecule has 0 saturated carbocycles. The summed E-state index contributed by atoms with van der Waals surface area (Å²) in [6, 6.07) is 21.4. The Bertz CT molecular complexity index is 2270. The Labute approximate surface area is 348 Å². The third-order valence-corrected chi connectivity index (χ3v) is 11.1. The van der Waals surface area contributed by atoms with Crippen LogP contribution >= 0.6 is 0 Å². The molecule has 0 radical (unpaired) electrons. The Kier molecular flexibility index (Phi) is 16.2. The largest absolute Gasteiger partial charge is 0.494 e. The molecule has 1 aliphatic heterocycles. The van der Waals surface area contributed by atoms with Gasteiger partial charge in [-0.15, -0.1) is 0 Å². The van der Waals surface area contributed by atoms with Crippen molar-refractivity contribution in [3.05, 3.63) is 113 Å². The van der Waals surface area contributed by atoms with Crippen LogP contribution in [0.15, 0.2) is 94.9 Å². The number of pyridine rings is 1. The lowest BCUT2D eigenvalue weighted by atomic mass is 10.1. The van der Waals surface area contributed by atoms with Crippen molar-refractivity contribution in [3.8, 4) is 5.75 Å². The number of hydrogen-bond acceptors (Lipinski definition) is 13. The lowest BCUT2D eigenvalue weighted by Gasteiger charge is -2.24. The van der Waals surface area contributed by atoms with Gasteiger partial charge in [-0.2, -0.15) is 9.45 Å². The van der Waals surface area contributed by atoms with Crippen LogP contribution in [-0.4, -0.2) is 106 Å². The Morgan fingerprint density at radius 1 is 1.02 bits per heavy atom. The Balaban J connectivity index is 1.12. The first-order valence-electron chi connectivity index (χ1n) is 19.1. The highest BCUT2D eigenvalue weighted by Gasteiger charge is 2.31. The third-order valence-electron chi connectivity index (χ3n) is 9.34. The number of esters is 1. The zero-order valence-corrected chi connectivity index (χ0v) is 34.5. The summed E-state index contributed by atoms with van der Waals surface area (Å²) in [6.07, 6.45) is 3.10. The summed E-state index contributed by atoms with van der Waals surface area (Å²) in [5.74, 6) is -0.723. The number of sulfonamides is 1. The number of rotatable bonds is 23. The second-order valence-electron chi connectivity index (χ2n) is 13.8. The zero-order chi connectivity index (χ0) is 43.1. The van der Waals surface area contributed by atoms with Crippen LogP contribution in [0.2, 0.25) is 0 Å². The summed E-state index contributed by atoms with van der Waals surface area (Å²) in [5, 5.41) is 15.7. The number of anilines is 2. The molecule has 4 N–H and O–H groups in total. The van der Waals surface area contributed by atoms with Crippen molar-refractivity contribution in [2.75, 3.05) is 56.8 Å². The number of carbonyl (C=O) groups excluding carboxylic acids is 4. The minimum atomic E-state index is -4.33. The summed E-state index contributed by atoms with van der Waals surface area (Å²) in [7, 11) is -3.20. The van der Waals surface area contributed by atoms with Gasteiger partial charge in [-0.1, -0.05) is 36.4 Å². The molecule has 5 rings (SSSR count). The van der Waals surface area contributed by atoms with Crippen LogP contribution in [0.25, 0.3) is 0 Å². The van der Waals surface area contributed by atoms with Crippen molar-refractivity contribution >= 4 is 46.1 Å². The molecule has 1 aliphatic rings. The van der Waals surface area contributed by atoms with Crippen LogP contribution in [0.1, 0.15) is 35.1 Å². The third kappa shape index (κ3) is 12.6. The molecule has 320 valence electrons. The summed E-state index contributed by atoms with van der Waals surface area (Å²) in [4.78, 5) is 60.1. The van der Waals surface area contributed by atoms with E-state index in [1.165, 1.54) is 11.1 Å². The van der Waals surface area contributed by atoms with E-state index < -0.39 is 22.0 Å². The highest BCUT2D eigenvalue weighted by Crippen LogP contribution is 2.30. The maximum atomic E-state index is 13.8. The molecule has 3 amide bonds. The van der Waals surface area contributed by atoms with Crippen molar-refractivity contribution in [2.45, 2.75) is 50.8 Å². The molecule has 0 bridgehead atoms. The molecule has 2 heterocycles. The minimum absolute atomic E-state index is 0.0607. The van der Waals surface area contributed by atoms with Crippen LogP contribution in [0.3, 0.4) is 0 Å². The molecule has 60 heavy (non-hydrogen) atoms. The van der Waals surface area contributed by atoms with Gasteiger partial charge in [-0.05, 0) is 85.0 Å². The van der Waals surface area contributed by atoms with E-state index in [1.807, 2.05) is 35.3 Å². The molecule has 18 nitrogen and oxygen atoms in total. The Hall–Kier alpha value is -6.28. The van der Waals surface area contributed by atoms with E-state index in [9.17, 15) is 32.8 Å². The molecular weight excluding hydrogens is 797 g/mol. The normalized spacial score (nSPS) is 13.2. The minimum Gasteiger partial charge on any atom is -0.494 e. The smallest absolute Gasteiger partial charge is 0.325 e. The molecule has 0 unspecified atom stereocenters. The molecule has 0 fully saturated rings. The summed E-state index contributed by atoms with van der Waals surface area (Å²) >= 11 is 0. The maximum Gasteiger partial charge on any atom is 0.325 e. The van der Waals surface area contributed by atoms with Gasteiger partial charge in [0.2, 0.25) is 28.8 Å². The number of fused-ring (bicyclic) bond motifs is 1. The lowest BCUT2D eigenvalue weighted by molar-refractivity contribution is -0.177. The van der Waals surface area contributed by atoms with Crippen LogP contribution in [0.4, 0.5) is 11.4 Å². The van der Waals surface area contributed by atoms with Gasteiger partial charge in [0.15, 0.2) is 5.49 Å². The van der Waals surface area contributed by atoms with E-state index in [2.05, 4.69) is 20.5 Å². The first-order valence-corrected chi connectivity index (χ1v) is 20.6. The number of ether oxygens (including phenoxy) is 2. The Morgan fingerprint density at radius 2 is 1.77 bits per heavy atom. The molecule has 1 atom stereocenters. The van der Waals surface area contributed by atoms with E-state index in [-0.39, 0.29) is 50.1 Å². The number of hydrazine groups is 1. The van der Waals surface area contributed by atoms with Gasteiger partial charge in [0.1, 0.15) is 18.4 Å². The van der Waals surface area contributed by atoms with Gasteiger partial charge in [-0.3, -0.25) is 29.0 Å². The van der Waals surface area contributed by atoms with E-state index in [4.69, 9.17) is 14.3 Å². The standard InChI is InChI=1S/C41H50N8O10S/c1-30-22-35(58-21-9-13-39(52)43-17-20-48(29-51)59-27-32-10-5-4-6-11-32)23-31(2)40(30)60(55,56)45-37(41(53)57-3)26-46(28-50)34-14-15-36-33(24-34)25-47(44-36)19-16-42-38-12-7-8-18-49(38)54/h4-8,10-12,14-15,18,22-24,28-29,37,44-45,54H,9,13,16-17,19-21,25-27H2,1-3H3,(H,43,52)/t37-/m0/s1. The van der Waals surface area contributed by atoms with E-state index in [0.717, 1.165) is 33.7 Å². The van der Waals surface area contributed by atoms with Gasteiger partial charge < -0.3 is 30.3 Å². The van der Waals surface area contributed by atoms with Crippen molar-refractivity contribution in [1.29, 1.82) is 0 Å². The topological polar surface area (TPSA) is 213 Å². The molecule has 3 aromatic carbocycles. The number of carbonyl (C=O) groups is 4. The number of hydroxylamine groups is 2. The highest BCUT2D eigenvalue weighted by atomic mass is 32.2. The number of nitrogens with zero attached hydrogens (tertiary/aromatic N) is 5. The zero-order valence-electron chi connectivity index (χ0n) is 33.7. The number of methoxy groups -OCH3 is 1. The van der Waals surface area contributed by atoms with Crippen molar-refractivity contribution in [3.63, 3.8) is 0 Å². The van der Waals surface area contributed by atoms with Gasteiger partial charge in [0.05, 0.1) is 43.9 Å². The van der Waals surface area contributed by atoms with Crippen LogP contribution < -0.4 is 30.6 Å². The van der Waals surface area contributed by atoms with Crippen LogP contribution in [0, 0.1) is 13.8 Å². The molecule has 4 aromatic rings. The van der Waals surface area contributed by atoms with Crippen LogP contribution in [-0.2, 0) is 51.9 Å². The number of aryl methyl sites for hydroxylation is 2. The molecule has 1 aromatic heterocycles.